The summed E-state index contributed by atoms with van der Waals surface area (Å²) in [7, 11) is 1.66. The Balaban J connectivity index is 2.20. The Hall–Kier alpha value is -2.37. The van der Waals surface area contributed by atoms with Crippen LogP contribution in [0.2, 0.25) is 0 Å². The first kappa shape index (κ1) is 13.1. The first-order valence-electron chi connectivity index (χ1n) is 5.73. The summed E-state index contributed by atoms with van der Waals surface area (Å²) in [5.74, 6) is -0.910. The van der Waals surface area contributed by atoms with Crippen LogP contribution in [0.3, 0.4) is 0 Å². The maximum absolute atomic E-state index is 13.1. The molecule has 0 saturated carbocycles. The lowest BCUT2D eigenvalue weighted by Gasteiger charge is -2.13. The zero-order valence-corrected chi connectivity index (χ0v) is 10.6. The number of oxazole rings is 1. The number of carbonyl (C=O) groups excluding carboxylic acids is 1. The van der Waals surface area contributed by atoms with Crippen molar-refractivity contribution in [2.24, 2.45) is 0 Å². The lowest BCUT2D eigenvalue weighted by atomic mass is 10.3. The molecule has 0 saturated heterocycles. The predicted molar refractivity (Wildman–Crippen MR) is 66.9 cm³/mol. The Bertz CT molecular complexity index is 583. The second-order valence-corrected chi connectivity index (χ2v) is 3.77. The molecule has 0 aliphatic rings. The minimum Gasteiger partial charge on any atom is -0.461 e. The summed E-state index contributed by atoms with van der Waals surface area (Å²) in [5, 5.41) is 0. The number of aromatic nitrogens is 1. The third kappa shape index (κ3) is 2.90. The van der Waals surface area contributed by atoms with Gasteiger partial charge in [-0.25, -0.2) is 9.18 Å². The molecule has 0 aliphatic heterocycles. The molecule has 0 fully saturated rings. The van der Waals surface area contributed by atoms with Gasteiger partial charge >= 0.3 is 12.0 Å². The average molecular weight is 264 g/mol. The van der Waals surface area contributed by atoms with Crippen LogP contribution in [-0.4, -0.2) is 24.6 Å². The number of rotatable bonds is 4. The first-order chi connectivity index (χ1) is 9.11. The molecule has 0 aliphatic carbocycles. The van der Waals surface area contributed by atoms with Gasteiger partial charge in [0, 0.05) is 12.7 Å². The fourth-order valence-electron chi connectivity index (χ4n) is 1.51. The van der Waals surface area contributed by atoms with Crippen LogP contribution in [-0.2, 0) is 4.74 Å². The fourth-order valence-corrected chi connectivity index (χ4v) is 1.51. The molecule has 2 rings (SSSR count). The molecule has 6 heteroatoms. The van der Waals surface area contributed by atoms with E-state index in [-0.39, 0.29) is 24.1 Å². The van der Waals surface area contributed by atoms with E-state index < -0.39 is 5.97 Å². The second kappa shape index (κ2) is 5.51. The lowest BCUT2D eigenvalue weighted by Crippen LogP contribution is -2.11. The molecule has 0 N–H and O–H groups in total. The summed E-state index contributed by atoms with van der Waals surface area (Å²) in [6.07, 6.45) is 1.21. The molecule has 1 aromatic heterocycles. The van der Waals surface area contributed by atoms with Gasteiger partial charge in [0.1, 0.15) is 12.1 Å². The van der Waals surface area contributed by atoms with Crippen molar-refractivity contribution in [3.05, 3.63) is 42.0 Å². The van der Waals surface area contributed by atoms with E-state index in [4.69, 9.17) is 9.15 Å². The fraction of sp³-hybridized carbons (Fsp3) is 0.231. The molecule has 0 amide bonds. The maximum atomic E-state index is 13.1. The van der Waals surface area contributed by atoms with E-state index >= 15 is 0 Å². The molecule has 0 unspecified atom stereocenters. The molecular weight excluding hydrogens is 251 g/mol. The first-order valence-corrected chi connectivity index (χ1v) is 5.73. The van der Waals surface area contributed by atoms with Gasteiger partial charge in [0.05, 0.1) is 6.61 Å². The summed E-state index contributed by atoms with van der Waals surface area (Å²) >= 11 is 0. The van der Waals surface area contributed by atoms with E-state index in [0.29, 0.717) is 5.69 Å². The number of benzene rings is 1. The second-order valence-electron chi connectivity index (χ2n) is 3.77. The van der Waals surface area contributed by atoms with Crippen LogP contribution in [0.4, 0.5) is 16.1 Å². The Morgan fingerprint density at radius 1 is 1.53 bits per heavy atom. The van der Waals surface area contributed by atoms with Crippen molar-refractivity contribution < 1.29 is 18.3 Å². The topological polar surface area (TPSA) is 55.6 Å². The minimum atomic E-state index is -0.551. The van der Waals surface area contributed by atoms with E-state index in [2.05, 4.69) is 4.98 Å². The summed E-state index contributed by atoms with van der Waals surface area (Å²) in [6, 6.07) is 6.16. The van der Waals surface area contributed by atoms with Gasteiger partial charge in [-0.2, -0.15) is 4.98 Å². The van der Waals surface area contributed by atoms with E-state index in [1.807, 2.05) is 0 Å². The van der Waals surface area contributed by atoms with Crippen LogP contribution in [0.1, 0.15) is 17.4 Å². The Morgan fingerprint density at radius 2 is 2.32 bits per heavy atom. The Kier molecular flexibility index (Phi) is 3.79. The molecule has 0 bridgehead atoms. The molecule has 1 heterocycles. The normalized spacial score (nSPS) is 10.3. The number of hydrogen-bond acceptors (Lipinski definition) is 5. The van der Waals surface area contributed by atoms with Gasteiger partial charge in [-0.15, -0.1) is 0 Å². The maximum Gasteiger partial charge on any atom is 0.360 e. The molecular formula is C13H13FN2O3. The zero-order valence-electron chi connectivity index (χ0n) is 10.6. The number of carbonyl (C=O) groups is 1. The average Bonchev–Trinajstić information content (AvgIpc) is 2.88. The number of nitrogens with zero attached hydrogens (tertiary/aromatic N) is 2. The van der Waals surface area contributed by atoms with Crippen molar-refractivity contribution in [1.82, 2.24) is 4.98 Å². The van der Waals surface area contributed by atoms with E-state index in [0.717, 1.165) is 0 Å². The smallest absolute Gasteiger partial charge is 0.360 e. The predicted octanol–water partition coefficient (Wildman–Crippen LogP) is 2.76. The van der Waals surface area contributed by atoms with E-state index in [1.165, 1.54) is 23.3 Å². The van der Waals surface area contributed by atoms with Crippen molar-refractivity contribution in [3.63, 3.8) is 0 Å². The highest BCUT2D eigenvalue weighted by Crippen LogP contribution is 2.23. The highest BCUT2D eigenvalue weighted by molar-refractivity contribution is 5.87. The molecule has 0 atom stereocenters. The van der Waals surface area contributed by atoms with Crippen LogP contribution < -0.4 is 4.90 Å². The molecule has 100 valence electrons. The van der Waals surface area contributed by atoms with Gasteiger partial charge in [-0.1, -0.05) is 6.07 Å². The van der Waals surface area contributed by atoms with Gasteiger partial charge < -0.3 is 9.15 Å². The van der Waals surface area contributed by atoms with Gasteiger partial charge in [0.15, 0.2) is 5.69 Å². The third-order valence-corrected chi connectivity index (χ3v) is 2.46. The monoisotopic (exact) mass is 264 g/mol. The van der Waals surface area contributed by atoms with E-state index in [1.54, 1.807) is 26.1 Å². The standard InChI is InChI=1S/C13H13FN2O3/c1-3-18-12(17)11-8-19-13(15-11)16(2)10-6-4-5-9(14)7-10/h4-8H,3H2,1-2H3. The third-order valence-electron chi connectivity index (χ3n) is 2.46. The molecule has 5 nitrogen and oxygen atoms in total. The summed E-state index contributed by atoms with van der Waals surface area (Å²) in [4.78, 5) is 17.0. The Labute approximate surface area is 109 Å². The lowest BCUT2D eigenvalue weighted by molar-refractivity contribution is 0.0519. The molecule has 19 heavy (non-hydrogen) atoms. The summed E-state index contributed by atoms with van der Waals surface area (Å²) in [5.41, 5.74) is 0.650. The van der Waals surface area contributed by atoms with Gasteiger partial charge in [0.25, 0.3) is 0 Å². The van der Waals surface area contributed by atoms with E-state index in [9.17, 15) is 9.18 Å². The molecule has 0 radical (unpaired) electrons. The number of anilines is 2. The van der Waals surface area contributed by atoms with Crippen LogP contribution in [0.15, 0.2) is 34.9 Å². The SMILES string of the molecule is CCOC(=O)c1coc(N(C)c2cccc(F)c2)n1. The highest BCUT2D eigenvalue weighted by Gasteiger charge is 2.16. The van der Waals surface area contributed by atoms with Crippen LogP contribution >= 0.6 is 0 Å². The quantitative estimate of drug-likeness (QED) is 0.795. The molecule has 1 aromatic carbocycles. The number of esters is 1. The van der Waals surface area contributed by atoms with Crippen LogP contribution in [0.25, 0.3) is 0 Å². The number of halogens is 1. The largest absolute Gasteiger partial charge is 0.461 e. The number of hydrogen-bond donors (Lipinski definition) is 0. The van der Waals surface area contributed by atoms with Crippen molar-refractivity contribution in [2.75, 3.05) is 18.6 Å². The van der Waals surface area contributed by atoms with Crippen LogP contribution in [0, 0.1) is 5.82 Å². The van der Waals surface area contributed by atoms with Gasteiger partial charge in [-0.3, -0.25) is 4.90 Å². The van der Waals surface area contributed by atoms with Crippen molar-refractivity contribution in [1.29, 1.82) is 0 Å². The van der Waals surface area contributed by atoms with Crippen molar-refractivity contribution >= 4 is 17.7 Å². The molecule has 0 spiro atoms. The summed E-state index contributed by atoms with van der Waals surface area (Å²) in [6.45, 7) is 1.97. The zero-order chi connectivity index (χ0) is 13.8. The van der Waals surface area contributed by atoms with Crippen LogP contribution in [0.5, 0.6) is 0 Å². The van der Waals surface area contributed by atoms with Crippen molar-refractivity contribution in [3.8, 4) is 0 Å². The van der Waals surface area contributed by atoms with Gasteiger partial charge in [0.2, 0.25) is 0 Å². The summed E-state index contributed by atoms with van der Waals surface area (Å²) < 4.78 is 23.1. The Morgan fingerprint density at radius 3 is 3.00 bits per heavy atom. The number of ether oxygens (including phenoxy) is 1. The van der Waals surface area contributed by atoms with Crippen molar-refractivity contribution in [2.45, 2.75) is 6.92 Å². The molecule has 2 aromatic rings. The highest BCUT2D eigenvalue weighted by atomic mass is 19.1. The van der Waals surface area contributed by atoms with Gasteiger partial charge in [-0.05, 0) is 25.1 Å². The minimum absolute atomic E-state index is 0.0834.